The van der Waals surface area contributed by atoms with Gasteiger partial charge in [-0.15, -0.1) is 0 Å². The van der Waals surface area contributed by atoms with Crippen molar-refractivity contribution in [2.75, 3.05) is 0 Å². The van der Waals surface area contributed by atoms with Crippen LogP contribution in [-0.2, 0) is 6.54 Å². The number of nitriles is 1. The van der Waals surface area contributed by atoms with Crippen LogP contribution in [0.2, 0.25) is 0 Å². The number of thiophene rings is 1. The van der Waals surface area contributed by atoms with Crippen LogP contribution in [0.25, 0.3) is 0 Å². The van der Waals surface area contributed by atoms with Crippen LogP contribution in [0.4, 0.5) is 4.39 Å². The Morgan fingerprint density at radius 3 is 2.94 bits per heavy atom. The number of benzene rings is 1. The van der Waals surface area contributed by atoms with Gasteiger partial charge in [-0.05, 0) is 53.1 Å². The third kappa shape index (κ3) is 3.16. The van der Waals surface area contributed by atoms with Gasteiger partial charge in [0.2, 0.25) is 0 Å². The summed E-state index contributed by atoms with van der Waals surface area (Å²) in [7, 11) is 0. The van der Waals surface area contributed by atoms with E-state index in [1.54, 1.807) is 17.4 Å². The molecular weight excluding hydrogens is 247 g/mol. The van der Waals surface area contributed by atoms with E-state index in [9.17, 15) is 4.39 Å². The van der Waals surface area contributed by atoms with Gasteiger partial charge in [-0.1, -0.05) is 0 Å². The second kappa shape index (κ2) is 5.76. The average Bonchev–Trinajstić information content (AvgIpc) is 2.89. The third-order valence-corrected chi connectivity index (χ3v) is 3.44. The number of nitrogens with zero attached hydrogens (tertiary/aromatic N) is 1. The van der Waals surface area contributed by atoms with Gasteiger partial charge in [0.25, 0.3) is 0 Å². The number of nitrogens with one attached hydrogen (secondary N) is 1. The molecule has 2 aromatic rings. The Balaban J connectivity index is 2.02. The second-order valence-corrected chi connectivity index (χ2v) is 4.90. The fourth-order valence-electron chi connectivity index (χ4n) is 1.73. The van der Waals surface area contributed by atoms with Crippen LogP contribution >= 0.6 is 11.3 Å². The number of halogens is 1. The Morgan fingerprint density at radius 2 is 2.28 bits per heavy atom. The first kappa shape index (κ1) is 12.7. The van der Waals surface area contributed by atoms with E-state index in [1.807, 2.05) is 11.4 Å². The minimum Gasteiger partial charge on any atom is -0.306 e. The van der Waals surface area contributed by atoms with Crippen molar-refractivity contribution in [3.63, 3.8) is 0 Å². The highest BCUT2D eigenvalue weighted by Gasteiger charge is 2.06. The zero-order valence-electron chi connectivity index (χ0n) is 9.98. The molecule has 0 saturated carbocycles. The molecule has 1 aromatic heterocycles. The molecule has 1 N–H and O–H groups in total. The zero-order chi connectivity index (χ0) is 13.0. The van der Waals surface area contributed by atoms with Gasteiger partial charge >= 0.3 is 0 Å². The largest absolute Gasteiger partial charge is 0.306 e. The van der Waals surface area contributed by atoms with Crippen LogP contribution in [0.15, 0.2) is 35.0 Å². The molecule has 2 nitrogen and oxygen atoms in total. The van der Waals surface area contributed by atoms with Crippen LogP contribution in [0.5, 0.6) is 0 Å². The maximum absolute atomic E-state index is 13.2. The highest BCUT2D eigenvalue weighted by molar-refractivity contribution is 7.07. The van der Waals surface area contributed by atoms with E-state index in [4.69, 9.17) is 5.26 Å². The summed E-state index contributed by atoms with van der Waals surface area (Å²) < 4.78 is 13.2. The van der Waals surface area contributed by atoms with Crippen molar-refractivity contribution in [1.29, 1.82) is 5.26 Å². The first-order valence-electron chi connectivity index (χ1n) is 5.64. The lowest BCUT2D eigenvalue weighted by Gasteiger charge is -2.12. The van der Waals surface area contributed by atoms with Crippen molar-refractivity contribution in [3.05, 3.63) is 57.5 Å². The molecule has 0 aliphatic heterocycles. The van der Waals surface area contributed by atoms with Crippen LogP contribution in [-0.4, -0.2) is 0 Å². The molecule has 1 atom stereocenters. The molecule has 0 spiro atoms. The lowest BCUT2D eigenvalue weighted by atomic mass is 10.1. The summed E-state index contributed by atoms with van der Waals surface area (Å²) in [6.07, 6.45) is 0. The quantitative estimate of drug-likeness (QED) is 0.911. The minimum absolute atomic E-state index is 0.213. The predicted octanol–water partition coefficient (Wildman–Crippen LogP) is 3.61. The lowest BCUT2D eigenvalue weighted by Crippen LogP contribution is -2.17. The Labute approximate surface area is 110 Å². The summed E-state index contributed by atoms with van der Waals surface area (Å²) in [5.41, 5.74) is 2.36. The van der Waals surface area contributed by atoms with Gasteiger partial charge in [0.05, 0.1) is 11.6 Å². The Bertz CT molecular complexity index is 558. The Morgan fingerprint density at radius 1 is 1.44 bits per heavy atom. The molecule has 0 saturated heterocycles. The molecule has 1 unspecified atom stereocenters. The van der Waals surface area contributed by atoms with Gasteiger partial charge in [0.1, 0.15) is 5.82 Å². The van der Waals surface area contributed by atoms with E-state index in [1.165, 1.54) is 17.7 Å². The predicted molar refractivity (Wildman–Crippen MR) is 70.7 cm³/mol. The first-order valence-corrected chi connectivity index (χ1v) is 6.58. The van der Waals surface area contributed by atoms with Crippen molar-refractivity contribution in [1.82, 2.24) is 5.32 Å². The summed E-state index contributed by atoms with van der Waals surface area (Å²) in [4.78, 5) is 0. The average molecular weight is 260 g/mol. The Kier molecular flexibility index (Phi) is 4.08. The lowest BCUT2D eigenvalue weighted by molar-refractivity contribution is 0.570. The molecule has 0 radical (unpaired) electrons. The summed E-state index contributed by atoms with van der Waals surface area (Å²) >= 11 is 1.66. The highest BCUT2D eigenvalue weighted by Crippen LogP contribution is 2.16. The third-order valence-electron chi connectivity index (χ3n) is 2.74. The van der Waals surface area contributed by atoms with Gasteiger partial charge in [-0.2, -0.15) is 16.6 Å². The van der Waals surface area contributed by atoms with Crippen molar-refractivity contribution in [3.8, 4) is 6.07 Å². The minimum atomic E-state index is -0.367. The number of hydrogen-bond acceptors (Lipinski definition) is 3. The van der Waals surface area contributed by atoms with Crippen molar-refractivity contribution in [2.45, 2.75) is 19.5 Å². The topological polar surface area (TPSA) is 35.8 Å². The monoisotopic (exact) mass is 260 g/mol. The van der Waals surface area contributed by atoms with Crippen LogP contribution in [0.3, 0.4) is 0 Å². The van der Waals surface area contributed by atoms with Gasteiger partial charge in [0, 0.05) is 12.6 Å². The van der Waals surface area contributed by atoms with E-state index < -0.39 is 0 Å². The summed E-state index contributed by atoms with van der Waals surface area (Å²) in [6, 6.07) is 8.63. The molecule has 2 rings (SSSR count). The van der Waals surface area contributed by atoms with Gasteiger partial charge in [-0.25, -0.2) is 4.39 Å². The fourth-order valence-corrected chi connectivity index (χ4v) is 2.48. The number of hydrogen-bond donors (Lipinski definition) is 1. The molecule has 0 fully saturated rings. The van der Waals surface area contributed by atoms with E-state index in [2.05, 4.69) is 23.7 Å². The molecule has 0 aliphatic carbocycles. The molecule has 1 aromatic carbocycles. The number of rotatable bonds is 4. The molecule has 92 valence electrons. The zero-order valence-corrected chi connectivity index (χ0v) is 10.8. The molecule has 0 amide bonds. The smallest absolute Gasteiger partial charge is 0.124 e. The van der Waals surface area contributed by atoms with E-state index >= 15 is 0 Å². The van der Waals surface area contributed by atoms with Crippen LogP contribution in [0, 0.1) is 17.1 Å². The molecule has 0 bridgehead atoms. The van der Waals surface area contributed by atoms with Crippen molar-refractivity contribution in [2.24, 2.45) is 0 Å². The van der Waals surface area contributed by atoms with Crippen molar-refractivity contribution >= 4 is 11.3 Å². The standard InChI is InChI=1S/C14H13FN2S/c1-10(13-2-3-18-9-13)17-8-12-4-11(7-16)5-14(15)6-12/h2-6,9-10,17H,8H2,1H3. The van der Waals surface area contributed by atoms with Crippen molar-refractivity contribution < 1.29 is 4.39 Å². The molecule has 1 heterocycles. The molecular formula is C14H13FN2S. The maximum Gasteiger partial charge on any atom is 0.124 e. The van der Waals surface area contributed by atoms with E-state index in [-0.39, 0.29) is 11.9 Å². The summed E-state index contributed by atoms with van der Waals surface area (Å²) in [5.74, 6) is -0.367. The first-order chi connectivity index (χ1) is 8.69. The summed E-state index contributed by atoms with van der Waals surface area (Å²) in [6.45, 7) is 2.61. The van der Waals surface area contributed by atoms with Crippen LogP contribution < -0.4 is 5.32 Å². The van der Waals surface area contributed by atoms with E-state index in [0.717, 1.165) is 5.56 Å². The molecule has 18 heavy (non-hydrogen) atoms. The fraction of sp³-hybridized carbons (Fsp3) is 0.214. The van der Waals surface area contributed by atoms with Gasteiger partial charge in [-0.3, -0.25) is 0 Å². The highest BCUT2D eigenvalue weighted by atomic mass is 32.1. The normalized spacial score (nSPS) is 12.1. The van der Waals surface area contributed by atoms with Gasteiger partial charge < -0.3 is 5.32 Å². The SMILES string of the molecule is CC(NCc1cc(F)cc(C#N)c1)c1ccsc1. The van der Waals surface area contributed by atoms with Gasteiger partial charge in [0.15, 0.2) is 0 Å². The Hall–Kier alpha value is -1.70. The van der Waals surface area contributed by atoms with Crippen LogP contribution in [0.1, 0.15) is 29.7 Å². The summed E-state index contributed by atoms with van der Waals surface area (Å²) in [5, 5.41) is 16.2. The molecule has 0 aliphatic rings. The maximum atomic E-state index is 13.2. The second-order valence-electron chi connectivity index (χ2n) is 4.12. The molecule has 4 heteroatoms. The van der Waals surface area contributed by atoms with E-state index in [0.29, 0.717) is 12.1 Å².